The number of nitrogens with zero attached hydrogens (tertiary/aromatic N) is 1. The fraction of sp³-hybridized carbons (Fsp3) is 0.588. The number of hydrogen-bond acceptors (Lipinski definition) is 4. The number of rotatable bonds is 5. The van der Waals surface area contributed by atoms with Gasteiger partial charge in [0.2, 0.25) is 0 Å². The zero-order valence-corrected chi connectivity index (χ0v) is 14.4. The summed E-state index contributed by atoms with van der Waals surface area (Å²) in [6, 6.07) is 7.63. The van der Waals surface area contributed by atoms with Gasteiger partial charge < -0.3 is 9.94 Å². The topological polar surface area (TPSA) is 61.4 Å². The molecule has 126 valence electrons. The first kappa shape index (κ1) is 16.6. The maximum Gasteiger partial charge on any atom is 0.281 e. The van der Waals surface area contributed by atoms with Crippen molar-refractivity contribution in [2.24, 2.45) is 5.41 Å². The quantitative estimate of drug-likeness (QED) is 0.507. The number of ether oxygens (including phenoxy) is 1. The maximum atomic E-state index is 12.3. The third-order valence-corrected chi connectivity index (χ3v) is 5.69. The Morgan fingerprint density at radius 1 is 1.26 bits per heavy atom. The molecule has 1 aromatic carbocycles. The second-order valence-electron chi connectivity index (χ2n) is 6.94. The molecule has 0 bridgehead atoms. The van der Waals surface area contributed by atoms with Crippen molar-refractivity contribution in [3.63, 3.8) is 0 Å². The molecule has 1 amide bonds. The van der Waals surface area contributed by atoms with Gasteiger partial charge in [0.25, 0.3) is 5.91 Å². The van der Waals surface area contributed by atoms with Crippen LogP contribution >= 0.6 is 11.9 Å². The predicted octanol–water partition coefficient (Wildman–Crippen LogP) is 3.54. The van der Waals surface area contributed by atoms with Gasteiger partial charge in [0, 0.05) is 11.0 Å². The molecule has 1 heterocycles. The molecule has 0 spiro atoms. The normalized spacial score (nSPS) is 26.8. The summed E-state index contributed by atoms with van der Waals surface area (Å²) < 4.78 is 5.22. The molecule has 2 aliphatic rings. The third-order valence-electron chi connectivity index (χ3n) is 4.66. The highest BCUT2D eigenvalue weighted by atomic mass is 32.2. The minimum Gasteiger partial charge on any atom is -0.594 e. The minimum atomic E-state index is -0.739. The van der Waals surface area contributed by atoms with Crippen molar-refractivity contribution in [3.8, 4) is 5.75 Å². The maximum absolute atomic E-state index is 12.3. The number of hydrogen-bond donors (Lipinski definition) is 1. The van der Waals surface area contributed by atoms with Crippen LogP contribution in [0.3, 0.4) is 0 Å². The zero-order valence-electron chi connectivity index (χ0n) is 13.5. The average molecular weight is 336 g/mol. The van der Waals surface area contributed by atoms with Crippen molar-refractivity contribution >= 4 is 17.9 Å². The monoisotopic (exact) mass is 336 g/mol. The molecular weight excluding hydrogens is 312 g/mol. The third kappa shape index (κ3) is 4.40. The Hall–Kier alpha value is -1.24. The minimum absolute atomic E-state index is 0.203. The summed E-state index contributed by atoms with van der Waals surface area (Å²) in [6.07, 6.45) is 6.40. The van der Waals surface area contributed by atoms with Crippen LogP contribution in [0.4, 0.5) is 0 Å². The first-order valence-electron chi connectivity index (χ1n) is 8.23. The molecule has 1 aliphatic carbocycles. The van der Waals surface area contributed by atoms with Crippen LogP contribution in [-0.4, -0.2) is 22.4 Å². The van der Waals surface area contributed by atoms with Gasteiger partial charge in [-0.05, 0) is 37.1 Å². The molecule has 1 unspecified atom stereocenters. The van der Waals surface area contributed by atoms with Crippen LogP contribution in [0.15, 0.2) is 24.3 Å². The summed E-state index contributed by atoms with van der Waals surface area (Å²) in [4.78, 5) is 11.2. The molecule has 2 fully saturated rings. The molecule has 1 saturated heterocycles. The molecule has 0 aromatic heterocycles. The zero-order chi connectivity index (χ0) is 16.3. The van der Waals surface area contributed by atoms with E-state index in [4.69, 9.17) is 4.74 Å². The van der Waals surface area contributed by atoms with Crippen LogP contribution in [0.5, 0.6) is 5.75 Å². The van der Waals surface area contributed by atoms with Gasteiger partial charge in [0.05, 0.1) is 6.61 Å². The molecule has 1 N–H and O–H groups in total. The van der Waals surface area contributed by atoms with Gasteiger partial charge in [-0.15, -0.1) is 0 Å². The number of nitrogens with one attached hydrogen (secondary N) is 1. The highest BCUT2D eigenvalue weighted by Crippen LogP contribution is 2.36. The van der Waals surface area contributed by atoms with E-state index in [9.17, 15) is 10.0 Å². The second-order valence-corrected chi connectivity index (χ2v) is 8.08. The number of hydroxylamine groups is 1. The molecule has 1 saturated carbocycles. The van der Waals surface area contributed by atoms with Crippen molar-refractivity contribution in [2.45, 2.75) is 45.6 Å². The van der Waals surface area contributed by atoms with Crippen molar-refractivity contribution in [3.05, 3.63) is 35.0 Å². The summed E-state index contributed by atoms with van der Waals surface area (Å²) in [7, 11) is 0. The molecule has 23 heavy (non-hydrogen) atoms. The highest BCUT2D eigenvalue weighted by molar-refractivity contribution is 7.94. The van der Waals surface area contributed by atoms with Crippen molar-refractivity contribution < 1.29 is 13.7 Å². The van der Waals surface area contributed by atoms with E-state index in [-0.39, 0.29) is 23.6 Å². The lowest BCUT2D eigenvalue weighted by Crippen LogP contribution is -2.43. The lowest BCUT2D eigenvalue weighted by atomic mass is 9.76. The summed E-state index contributed by atoms with van der Waals surface area (Å²) in [5.74, 6) is 0.866. The van der Waals surface area contributed by atoms with Gasteiger partial charge in [-0.25, -0.2) is 0 Å². The Morgan fingerprint density at radius 2 is 1.96 bits per heavy atom. The summed E-state index contributed by atoms with van der Waals surface area (Å²) in [5, 5.41) is 12.3. The Kier molecular flexibility index (Phi) is 4.85. The summed E-state index contributed by atoms with van der Waals surface area (Å²) in [6.45, 7) is 3.29. The largest absolute Gasteiger partial charge is 0.594 e. The van der Waals surface area contributed by atoms with Gasteiger partial charge >= 0.3 is 0 Å². The van der Waals surface area contributed by atoms with Crippen LogP contribution in [0, 0.1) is 10.6 Å². The van der Waals surface area contributed by atoms with Gasteiger partial charge in [-0.1, -0.05) is 26.2 Å². The van der Waals surface area contributed by atoms with Crippen LogP contribution in [0.1, 0.15) is 44.6 Å². The number of amides is 1. The SMILES string of the molecule is CC1(COc2ccc(C[N+]3([O-])NC(=O)CS3)cc2)CCCCC1. The average Bonchev–Trinajstić information content (AvgIpc) is 2.86. The van der Waals surface area contributed by atoms with Crippen LogP contribution in [0.25, 0.3) is 0 Å². The first-order chi connectivity index (χ1) is 11.0. The Bertz CT molecular complexity index is 557. The molecule has 0 radical (unpaired) electrons. The van der Waals surface area contributed by atoms with Gasteiger partial charge in [0.1, 0.15) is 30.0 Å². The van der Waals surface area contributed by atoms with E-state index >= 15 is 0 Å². The second kappa shape index (κ2) is 6.71. The lowest BCUT2D eigenvalue weighted by molar-refractivity contribution is -0.791. The Morgan fingerprint density at radius 3 is 2.57 bits per heavy atom. The molecular formula is C17H24N2O3S. The molecule has 1 aliphatic heterocycles. The number of carbonyl (C=O) groups is 1. The molecule has 1 atom stereocenters. The van der Waals surface area contributed by atoms with Gasteiger partial charge in [0.15, 0.2) is 0 Å². The predicted molar refractivity (Wildman–Crippen MR) is 91.1 cm³/mol. The molecule has 1 aromatic rings. The fourth-order valence-corrected chi connectivity index (χ4v) is 4.04. The van der Waals surface area contributed by atoms with E-state index in [2.05, 4.69) is 12.3 Å². The summed E-state index contributed by atoms with van der Waals surface area (Å²) in [5.41, 5.74) is 3.62. The van der Waals surface area contributed by atoms with Crippen molar-refractivity contribution in [1.82, 2.24) is 5.43 Å². The van der Waals surface area contributed by atoms with Crippen LogP contribution < -0.4 is 10.2 Å². The highest BCUT2D eigenvalue weighted by Gasteiger charge is 2.32. The first-order valence-corrected chi connectivity index (χ1v) is 9.17. The Labute approximate surface area is 141 Å². The van der Waals surface area contributed by atoms with E-state index in [1.165, 1.54) is 32.1 Å². The van der Waals surface area contributed by atoms with Crippen molar-refractivity contribution in [2.75, 3.05) is 12.4 Å². The van der Waals surface area contributed by atoms with Crippen molar-refractivity contribution in [1.29, 1.82) is 0 Å². The van der Waals surface area contributed by atoms with Gasteiger partial charge in [-0.2, -0.15) is 9.59 Å². The standard InChI is InChI=1S/C17H24N2O3S/c1-17(9-3-2-4-10-17)13-22-15-7-5-14(6-8-15)11-19(21)18-16(20)12-23-19/h5-8H,2-4,9-13H2,1H3,(H,18,20). The molecule has 3 rings (SSSR count). The lowest BCUT2D eigenvalue weighted by Gasteiger charge is -2.33. The van der Waals surface area contributed by atoms with E-state index in [0.29, 0.717) is 0 Å². The molecule has 5 nitrogen and oxygen atoms in total. The number of quaternary nitrogens is 1. The smallest absolute Gasteiger partial charge is 0.281 e. The van der Waals surface area contributed by atoms with E-state index in [1.807, 2.05) is 24.3 Å². The number of benzene rings is 1. The number of carbonyl (C=O) groups excluding carboxylic acids is 1. The van der Waals surface area contributed by atoms with E-state index < -0.39 is 4.16 Å². The summed E-state index contributed by atoms with van der Waals surface area (Å²) >= 11 is 1.07. The van der Waals surface area contributed by atoms with E-state index in [1.54, 1.807) is 0 Å². The van der Waals surface area contributed by atoms with Gasteiger partial charge in [-0.3, -0.25) is 4.79 Å². The fourth-order valence-electron chi connectivity index (χ4n) is 3.24. The van der Waals surface area contributed by atoms with Crippen LogP contribution in [0.2, 0.25) is 0 Å². The van der Waals surface area contributed by atoms with Crippen LogP contribution in [-0.2, 0) is 11.3 Å². The van der Waals surface area contributed by atoms with E-state index in [0.717, 1.165) is 29.9 Å². The molecule has 6 heteroatoms. The Balaban J connectivity index is 1.54.